The van der Waals surface area contributed by atoms with E-state index in [4.69, 9.17) is 0 Å². The van der Waals surface area contributed by atoms with Crippen molar-refractivity contribution in [3.8, 4) is 0 Å². The predicted molar refractivity (Wildman–Crippen MR) is 42.4 cm³/mol. The van der Waals surface area contributed by atoms with Gasteiger partial charge in [-0.2, -0.15) is 0 Å². The molecule has 0 fully saturated rings. The van der Waals surface area contributed by atoms with E-state index >= 15 is 0 Å². The molecule has 0 aliphatic heterocycles. The number of hydrogen-bond donors (Lipinski definition) is 0. The molecule has 0 aromatic heterocycles. The normalized spacial score (nSPS) is 18.9. The summed E-state index contributed by atoms with van der Waals surface area (Å²) in [5, 5.41) is 0. The van der Waals surface area contributed by atoms with E-state index in [-0.39, 0.29) is 6.42 Å². The minimum absolute atomic E-state index is 0.00111. The quantitative estimate of drug-likeness (QED) is 0.539. The van der Waals surface area contributed by atoms with Crippen molar-refractivity contribution in [2.45, 2.75) is 14.8 Å². The molecule has 0 saturated heterocycles. The van der Waals surface area contributed by atoms with E-state index in [1.165, 1.54) is 0 Å². The van der Waals surface area contributed by atoms with Crippen LogP contribution in [0.1, 0.15) is 6.42 Å². The Morgan fingerprint density at radius 2 is 1.43 bits per heavy atom. The maximum Gasteiger partial charge on any atom is 0.154 e. The fourth-order valence-corrected chi connectivity index (χ4v) is 2.00. The number of alkyl halides is 4. The molecule has 0 saturated carbocycles. The highest BCUT2D eigenvalue weighted by molar-refractivity contribution is 14.1. The van der Waals surface area contributed by atoms with Crippen molar-refractivity contribution in [2.75, 3.05) is 0 Å². The van der Waals surface area contributed by atoms with Crippen molar-refractivity contribution in [2.24, 2.45) is 0 Å². The summed E-state index contributed by atoms with van der Waals surface area (Å²) in [6, 6.07) is 0. The maximum atomic E-state index is 11.7. The monoisotopic (exact) mass is 332 g/mol. The lowest BCUT2D eigenvalue weighted by atomic mass is 10.5. The van der Waals surface area contributed by atoms with Gasteiger partial charge in [0.05, 0.1) is 0 Å². The first kappa shape index (κ1) is 8.32. The lowest BCUT2D eigenvalue weighted by Crippen LogP contribution is -1.94. The van der Waals surface area contributed by atoms with Crippen LogP contribution in [0.3, 0.4) is 0 Å². The van der Waals surface area contributed by atoms with E-state index in [0.717, 1.165) is 0 Å². The van der Waals surface area contributed by atoms with Gasteiger partial charge in [0, 0.05) is 6.42 Å². The van der Waals surface area contributed by atoms with E-state index in [0.29, 0.717) is 0 Å². The zero-order chi connectivity index (χ0) is 5.86. The van der Waals surface area contributed by atoms with Gasteiger partial charge in [-0.15, -0.1) is 0 Å². The van der Waals surface area contributed by atoms with E-state index in [1.807, 2.05) is 0 Å². The summed E-state index contributed by atoms with van der Waals surface area (Å²) in [5.74, 6) is 0. The van der Waals surface area contributed by atoms with Crippen molar-refractivity contribution in [1.29, 1.82) is 0 Å². The van der Waals surface area contributed by atoms with Crippen LogP contribution < -0.4 is 0 Å². The first-order valence-electron chi connectivity index (χ1n) is 1.69. The van der Waals surface area contributed by atoms with Crippen LogP contribution in [-0.4, -0.2) is 8.36 Å². The van der Waals surface area contributed by atoms with Crippen LogP contribution in [-0.2, 0) is 0 Å². The topological polar surface area (TPSA) is 0 Å². The largest absolute Gasteiger partial charge is 0.236 e. The predicted octanol–water partition coefficient (Wildman–Crippen LogP) is 2.84. The van der Waals surface area contributed by atoms with Crippen LogP contribution in [0.25, 0.3) is 0 Å². The second-order valence-corrected chi connectivity index (χ2v) is 3.72. The number of hydrogen-bond acceptors (Lipinski definition) is 0. The molecule has 44 valence electrons. The minimum atomic E-state index is -1.04. The molecule has 0 N–H and O–H groups in total. The van der Waals surface area contributed by atoms with Crippen LogP contribution in [0.4, 0.5) is 8.78 Å². The van der Waals surface area contributed by atoms with Crippen molar-refractivity contribution in [3.63, 3.8) is 0 Å². The Morgan fingerprint density at radius 3 is 1.43 bits per heavy atom. The first-order valence-corrected chi connectivity index (χ1v) is 4.18. The molecule has 2 unspecified atom stereocenters. The molecule has 2 atom stereocenters. The number of halogens is 4. The van der Waals surface area contributed by atoms with Gasteiger partial charge in [0.1, 0.15) is 0 Å². The standard InChI is InChI=1S/C3H4F2I2/c4-2(6)1-3(5)7/h2-3H,1H2. The van der Waals surface area contributed by atoms with Crippen LogP contribution in [0.5, 0.6) is 0 Å². The Balaban J connectivity index is 2.95. The van der Waals surface area contributed by atoms with Crippen LogP contribution in [0.2, 0.25) is 0 Å². The van der Waals surface area contributed by atoms with Crippen LogP contribution in [0, 0.1) is 0 Å². The van der Waals surface area contributed by atoms with E-state index < -0.39 is 8.36 Å². The third-order valence-corrected chi connectivity index (χ3v) is 1.37. The summed E-state index contributed by atoms with van der Waals surface area (Å²) >= 11 is 3.09. The molecule has 0 rings (SSSR count). The highest BCUT2D eigenvalue weighted by Gasteiger charge is 2.06. The Bertz CT molecular complexity index is 40.2. The zero-order valence-electron chi connectivity index (χ0n) is 3.37. The molecule has 7 heavy (non-hydrogen) atoms. The maximum absolute atomic E-state index is 11.7. The molecule has 0 aromatic carbocycles. The highest BCUT2D eigenvalue weighted by Crippen LogP contribution is 2.16. The zero-order valence-corrected chi connectivity index (χ0v) is 7.69. The molecular weight excluding hydrogens is 328 g/mol. The average molecular weight is 332 g/mol. The van der Waals surface area contributed by atoms with Gasteiger partial charge < -0.3 is 0 Å². The lowest BCUT2D eigenvalue weighted by molar-refractivity contribution is 0.369. The minimum Gasteiger partial charge on any atom is -0.236 e. The summed E-state index contributed by atoms with van der Waals surface area (Å²) in [5.41, 5.74) is 0. The Kier molecular flexibility index (Phi) is 5.02. The molecule has 0 spiro atoms. The summed E-state index contributed by atoms with van der Waals surface area (Å²) in [7, 11) is 0. The second kappa shape index (κ2) is 4.22. The van der Waals surface area contributed by atoms with Gasteiger partial charge in [0.15, 0.2) is 8.36 Å². The molecule has 0 radical (unpaired) electrons. The summed E-state index contributed by atoms with van der Waals surface area (Å²) in [4.78, 5) is 0. The molecular formula is C3H4F2I2. The molecule has 0 aliphatic carbocycles. The Labute approximate surface area is 68.3 Å². The molecule has 0 aromatic rings. The van der Waals surface area contributed by atoms with Gasteiger partial charge in [-0.25, -0.2) is 8.78 Å². The van der Waals surface area contributed by atoms with E-state index in [9.17, 15) is 8.78 Å². The van der Waals surface area contributed by atoms with Crippen molar-refractivity contribution < 1.29 is 8.78 Å². The summed E-state index contributed by atoms with van der Waals surface area (Å²) in [6.07, 6.45) is 0.00111. The van der Waals surface area contributed by atoms with Crippen molar-refractivity contribution >= 4 is 45.2 Å². The fraction of sp³-hybridized carbons (Fsp3) is 1.00. The molecule has 4 heteroatoms. The van der Waals surface area contributed by atoms with Gasteiger partial charge in [0.2, 0.25) is 0 Å². The third-order valence-electron chi connectivity index (χ3n) is 0.356. The first-order chi connectivity index (χ1) is 3.13. The molecule has 0 heterocycles. The van der Waals surface area contributed by atoms with Gasteiger partial charge in [-0.1, -0.05) is 0 Å². The third kappa shape index (κ3) is 7.32. The Morgan fingerprint density at radius 1 is 1.14 bits per heavy atom. The van der Waals surface area contributed by atoms with Crippen LogP contribution in [0.15, 0.2) is 0 Å². The number of rotatable bonds is 2. The van der Waals surface area contributed by atoms with Crippen molar-refractivity contribution in [3.05, 3.63) is 0 Å². The SMILES string of the molecule is FC(I)CC(F)I. The van der Waals surface area contributed by atoms with Crippen molar-refractivity contribution in [1.82, 2.24) is 0 Å². The molecule has 0 amide bonds. The van der Waals surface area contributed by atoms with Gasteiger partial charge in [-0.05, 0) is 45.2 Å². The van der Waals surface area contributed by atoms with Crippen LogP contribution >= 0.6 is 45.2 Å². The van der Waals surface area contributed by atoms with Gasteiger partial charge >= 0.3 is 0 Å². The smallest absolute Gasteiger partial charge is 0.154 e. The molecule has 0 bridgehead atoms. The fourth-order valence-electron chi connectivity index (χ4n) is 0.135. The summed E-state index contributed by atoms with van der Waals surface area (Å²) < 4.78 is 21.3. The average Bonchev–Trinajstić information content (AvgIpc) is 1.27. The second-order valence-electron chi connectivity index (χ2n) is 1.02. The highest BCUT2D eigenvalue weighted by atomic mass is 127. The summed E-state index contributed by atoms with van der Waals surface area (Å²) in [6.45, 7) is 0. The van der Waals surface area contributed by atoms with E-state index in [2.05, 4.69) is 0 Å². The van der Waals surface area contributed by atoms with E-state index in [1.54, 1.807) is 45.2 Å². The van der Waals surface area contributed by atoms with Gasteiger partial charge in [0.25, 0.3) is 0 Å². The molecule has 0 nitrogen and oxygen atoms in total. The van der Waals surface area contributed by atoms with Gasteiger partial charge in [-0.3, -0.25) is 0 Å². The lowest BCUT2D eigenvalue weighted by Gasteiger charge is -1.96. The Hall–Kier alpha value is 1.32. The molecule has 0 aliphatic rings.